The molecule has 0 spiro atoms. The maximum atomic E-state index is 12.3. The average molecular weight is 394 g/mol. The van der Waals surface area contributed by atoms with Gasteiger partial charge in [-0.3, -0.25) is 4.79 Å². The number of hydrogen-bond acceptors (Lipinski definition) is 2. The highest BCUT2D eigenvalue weighted by Gasteiger charge is 2.14. The van der Waals surface area contributed by atoms with E-state index in [0.717, 1.165) is 9.13 Å². The standard InChI is InChI=1S/C17H19IN2O/c1-11-9-14(18)10-19-15(11)20-16(21)12-5-7-13(8-6-12)17(2,3)4/h5-10H,1-4H3,(H,19,20,21). The topological polar surface area (TPSA) is 42.0 Å². The zero-order valence-electron chi connectivity index (χ0n) is 12.7. The smallest absolute Gasteiger partial charge is 0.256 e. The number of halogens is 1. The molecule has 0 unspecified atom stereocenters. The second-order valence-corrected chi connectivity index (χ2v) is 7.35. The van der Waals surface area contributed by atoms with Crippen molar-refractivity contribution >= 4 is 34.3 Å². The molecule has 0 atom stereocenters. The van der Waals surface area contributed by atoms with E-state index >= 15 is 0 Å². The molecule has 3 nitrogen and oxygen atoms in total. The first-order valence-electron chi connectivity index (χ1n) is 6.81. The Bertz CT molecular complexity index is 657. The predicted octanol–water partition coefficient (Wildman–Crippen LogP) is 4.54. The van der Waals surface area contributed by atoms with E-state index in [2.05, 4.69) is 53.7 Å². The van der Waals surface area contributed by atoms with Gasteiger partial charge in [-0.15, -0.1) is 0 Å². The van der Waals surface area contributed by atoms with Gasteiger partial charge in [-0.25, -0.2) is 4.98 Å². The van der Waals surface area contributed by atoms with Crippen molar-refractivity contribution in [1.29, 1.82) is 0 Å². The molecule has 2 aromatic rings. The van der Waals surface area contributed by atoms with Gasteiger partial charge in [-0.1, -0.05) is 32.9 Å². The average Bonchev–Trinajstić information content (AvgIpc) is 2.41. The summed E-state index contributed by atoms with van der Waals surface area (Å²) in [5, 5.41) is 2.86. The molecule has 1 aromatic carbocycles. The number of nitrogens with zero attached hydrogens (tertiary/aromatic N) is 1. The number of rotatable bonds is 2. The number of anilines is 1. The van der Waals surface area contributed by atoms with Crippen LogP contribution in [0.1, 0.15) is 42.3 Å². The van der Waals surface area contributed by atoms with Crippen LogP contribution in [0.15, 0.2) is 36.5 Å². The number of aryl methyl sites for hydroxylation is 1. The van der Waals surface area contributed by atoms with Crippen LogP contribution in [-0.2, 0) is 5.41 Å². The van der Waals surface area contributed by atoms with Gasteiger partial charge in [-0.2, -0.15) is 0 Å². The fourth-order valence-electron chi connectivity index (χ4n) is 1.97. The number of pyridine rings is 1. The molecule has 1 aromatic heterocycles. The lowest BCUT2D eigenvalue weighted by atomic mass is 9.87. The van der Waals surface area contributed by atoms with Gasteiger partial charge in [0.05, 0.1) is 0 Å². The normalized spacial score (nSPS) is 11.3. The van der Waals surface area contributed by atoms with Gasteiger partial charge < -0.3 is 5.32 Å². The molecule has 0 saturated carbocycles. The van der Waals surface area contributed by atoms with E-state index in [1.54, 1.807) is 6.20 Å². The van der Waals surface area contributed by atoms with E-state index in [1.807, 2.05) is 37.3 Å². The lowest BCUT2D eigenvalue weighted by molar-refractivity contribution is 0.102. The minimum absolute atomic E-state index is 0.0866. The molecule has 0 bridgehead atoms. The Kier molecular flexibility index (Phi) is 4.66. The van der Waals surface area contributed by atoms with Gasteiger partial charge in [0.1, 0.15) is 5.82 Å². The lowest BCUT2D eigenvalue weighted by Gasteiger charge is -2.19. The number of aromatic nitrogens is 1. The molecule has 1 amide bonds. The summed E-state index contributed by atoms with van der Waals surface area (Å²) in [5.74, 6) is 0.479. The molecule has 110 valence electrons. The van der Waals surface area contributed by atoms with Crippen LogP contribution < -0.4 is 5.32 Å². The molecule has 0 radical (unpaired) electrons. The molecule has 0 saturated heterocycles. The van der Waals surface area contributed by atoms with Crippen LogP contribution in [-0.4, -0.2) is 10.9 Å². The Hall–Kier alpha value is -1.43. The predicted molar refractivity (Wildman–Crippen MR) is 94.8 cm³/mol. The summed E-state index contributed by atoms with van der Waals surface area (Å²) in [6.45, 7) is 8.40. The van der Waals surface area contributed by atoms with Crippen molar-refractivity contribution in [3.05, 3.63) is 56.8 Å². The van der Waals surface area contributed by atoms with E-state index in [-0.39, 0.29) is 11.3 Å². The van der Waals surface area contributed by atoms with E-state index in [4.69, 9.17) is 0 Å². The number of hydrogen-bond donors (Lipinski definition) is 1. The van der Waals surface area contributed by atoms with Gasteiger partial charge in [-0.05, 0) is 64.3 Å². The summed E-state index contributed by atoms with van der Waals surface area (Å²) < 4.78 is 1.05. The maximum absolute atomic E-state index is 12.3. The van der Waals surface area contributed by atoms with Crippen molar-refractivity contribution in [2.75, 3.05) is 5.32 Å². The van der Waals surface area contributed by atoms with Crippen molar-refractivity contribution in [2.24, 2.45) is 0 Å². The molecule has 0 fully saturated rings. The highest BCUT2D eigenvalue weighted by Crippen LogP contribution is 2.22. The Morgan fingerprint density at radius 1 is 1.19 bits per heavy atom. The first-order valence-corrected chi connectivity index (χ1v) is 7.89. The van der Waals surface area contributed by atoms with Crippen molar-refractivity contribution in [3.63, 3.8) is 0 Å². The summed E-state index contributed by atoms with van der Waals surface area (Å²) in [7, 11) is 0. The zero-order chi connectivity index (χ0) is 15.6. The lowest BCUT2D eigenvalue weighted by Crippen LogP contribution is -2.15. The Labute approximate surface area is 139 Å². The van der Waals surface area contributed by atoms with Crippen LogP contribution in [0.5, 0.6) is 0 Å². The van der Waals surface area contributed by atoms with Crippen molar-refractivity contribution in [3.8, 4) is 0 Å². The van der Waals surface area contributed by atoms with Crippen LogP contribution in [0.25, 0.3) is 0 Å². The van der Waals surface area contributed by atoms with Gasteiger partial charge in [0.15, 0.2) is 0 Å². The summed E-state index contributed by atoms with van der Waals surface area (Å²) in [6.07, 6.45) is 1.74. The van der Waals surface area contributed by atoms with Crippen LogP contribution in [0.4, 0.5) is 5.82 Å². The van der Waals surface area contributed by atoms with Crippen LogP contribution in [0.2, 0.25) is 0 Å². The Balaban J connectivity index is 2.17. The SMILES string of the molecule is Cc1cc(I)cnc1NC(=O)c1ccc(C(C)(C)C)cc1. The molecule has 0 aliphatic heterocycles. The first-order chi connectivity index (χ1) is 9.77. The van der Waals surface area contributed by atoms with Gasteiger partial charge >= 0.3 is 0 Å². The van der Waals surface area contributed by atoms with E-state index in [0.29, 0.717) is 11.4 Å². The quantitative estimate of drug-likeness (QED) is 0.760. The molecule has 1 N–H and O–H groups in total. The van der Waals surface area contributed by atoms with E-state index in [1.165, 1.54) is 5.56 Å². The minimum atomic E-state index is -0.132. The minimum Gasteiger partial charge on any atom is -0.306 e. The second-order valence-electron chi connectivity index (χ2n) is 6.10. The number of carbonyl (C=O) groups excluding carboxylic acids is 1. The van der Waals surface area contributed by atoms with Crippen LogP contribution in [0, 0.1) is 10.5 Å². The van der Waals surface area contributed by atoms with Gasteiger partial charge in [0, 0.05) is 15.3 Å². The first kappa shape index (κ1) is 15.9. The second kappa shape index (κ2) is 6.13. The Morgan fingerprint density at radius 3 is 2.33 bits per heavy atom. The number of benzene rings is 1. The molecular formula is C17H19IN2O. The molecular weight excluding hydrogens is 375 g/mol. The third kappa shape index (κ3) is 4.03. The molecule has 4 heteroatoms. The third-order valence-electron chi connectivity index (χ3n) is 3.29. The fraction of sp³-hybridized carbons (Fsp3) is 0.294. The van der Waals surface area contributed by atoms with Gasteiger partial charge in [0.2, 0.25) is 0 Å². The molecule has 2 rings (SSSR count). The van der Waals surface area contributed by atoms with Crippen LogP contribution in [0.3, 0.4) is 0 Å². The number of carbonyl (C=O) groups is 1. The van der Waals surface area contributed by atoms with Gasteiger partial charge in [0.25, 0.3) is 5.91 Å². The maximum Gasteiger partial charge on any atom is 0.256 e. The molecule has 0 aliphatic rings. The molecule has 1 heterocycles. The van der Waals surface area contributed by atoms with E-state index < -0.39 is 0 Å². The summed E-state index contributed by atoms with van der Waals surface area (Å²) in [6, 6.07) is 9.72. The third-order valence-corrected chi connectivity index (χ3v) is 3.88. The zero-order valence-corrected chi connectivity index (χ0v) is 14.9. The fourth-order valence-corrected chi connectivity index (χ4v) is 2.58. The Morgan fingerprint density at radius 2 is 1.81 bits per heavy atom. The summed E-state index contributed by atoms with van der Waals surface area (Å²) in [4.78, 5) is 16.5. The largest absolute Gasteiger partial charge is 0.306 e. The highest BCUT2D eigenvalue weighted by atomic mass is 127. The number of amides is 1. The highest BCUT2D eigenvalue weighted by molar-refractivity contribution is 14.1. The van der Waals surface area contributed by atoms with Crippen molar-refractivity contribution < 1.29 is 4.79 Å². The van der Waals surface area contributed by atoms with E-state index in [9.17, 15) is 4.79 Å². The van der Waals surface area contributed by atoms with Crippen molar-refractivity contribution in [1.82, 2.24) is 4.98 Å². The monoisotopic (exact) mass is 394 g/mol. The molecule has 0 aliphatic carbocycles. The van der Waals surface area contributed by atoms with Crippen molar-refractivity contribution in [2.45, 2.75) is 33.1 Å². The van der Waals surface area contributed by atoms with Crippen LogP contribution >= 0.6 is 22.6 Å². The summed E-state index contributed by atoms with van der Waals surface area (Å²) in [5.41, 5.74) is 2.90. The number of nitrogens with one attached hydrogen (secondary N) is 1. The summed E-state index contributed by atoms with van der Waals surface area (Å²) >= 11 is 2.20. The molecule has 21 heavy (non-hydrogen) atoms.